The predicted octanol–water partition coefficient (Wildman–Crippen LogP) is 2.58. The maximum absolute atomic E-state index is 14.2. The Hall–Kier alpha value is -1.91. The van der Waals surface area contributed by atoms with Crippen LogP contribution in [0, 0.1) is 19.7 Å². The van der Waals surface area contributed by atoms with Crippen LogP contribution in [0.2, 0.25) is 0 Å². The molecule has 0 bridgehead atoms. The zero-order valence-corrected chi connectivity index (χ0v) is 11.1. The van der Waals surface area contributed by atoms with E-state index in [4.69, 9.17) is 11.6 Å². The quantitative estimate of drug-likeness (QED) is 0.451. The third kappa shape index (κ3) is 2.59. The number of hydrazine groups is 1. The van der Waals surface area contributed by atoms with Crippen molar-refractivity contribution >= 4 is 5.69 Å². The van der Waals surface area contributed by atoms with Crippen LogP contribution in [0.5, 0.6) is 0 Å². The van der Waals surface area contributed by atoms with Crippen molar-refractivity contribution in [1.82, 2.24) is 5.43 Å². The van der Waals surface area contributed by atoms with Gasteiger partial charge in [0.1, 0.15) is 5.82 Å². The molecule has 0 saturated heterocycles. The topological polar surface area (TPSA) is 64.1 Å². The van der Waals surface area contributed by atoms with Crippen molar-refractivity contribution in [2.24, 2.45) is 5.84 Å². The Balaban J connectivity index is 2.58. The first kappa shape index (κ1) is 13.5. The normalized spacial score (nSPS) is 12.4. The molecular weight excluding hydrogens is 241 g/mol. The van der Waals surface area contributed by atoms with Gasteiger partial charge in [0.2, 0.25) is 0 Å². The Labute approximate surface area is 112 Å². The zero-order chi connectivity index (χ0) is 14.0. The maximum Gasteiger partial charge on any atom is 0.128 e. The molecule has 3 nitrogen and oxygen atoms in total. The van der Waals surface area contributed by atoms with Gasteiger partial charge in [-0.05, 0) is 42.7 Å². The zero-order valence-electron chi connectivity index (χ0n) is 11.1. The van der Waals surface area contributed by atoms with E-state index in [2.05, 4.69) is 5.43 Å². The maximum atomic E-state index is 14.2. The number of nitrogens with one attached hydrogen (secondary N) is 1. The first-order valence-electron chi connectivity index (χ1n) is 6.11. The third-order valence-electron chi connectivity index (χ3n) is 3.24. The number of halogens is 1. The average Bonchev–Trinajstić information content (AvgIpc) is 2.34. The molecular formula is C15H18FN3. The molecule has 1 unspecified atom stereocenters. The lowest BCUT2D eigenvalue weighted by atomic mass is 9.93. The summed E-state index contributed by atoms with van der Waals surface area (Å²) in [5.41, 5.74) is 12.2. The highest BCUT2D eigenvalue weighted by Gasteiger charge is 2.20. The number of benzene rings is 2. The second-order valence-electron chi connectivity index (χ2n) is 4.71. The molecule has 0 radical (unpaired) electrons. The standard InChI is InChI=1S/C15H18FN3/c1-9-7-10(2)14(12(16)8-9)15(19-18)11-5-3-4-6-13(11)17/h3-8,15,19H,17-18H2,1-2H3. The minimum atomic E-state index is -0.457. The third-order valence-corrected chi connectivity index (χ3v) is 3.24. The Morgan fingerprint density at radius 1 is 1.16 bits per heavy atom. The highest BCUT2D eigenvalue weighted by molar-refractivity contribution is 5.52. The molecule has 0 fully saturated rings. The van der Waals surface area contributed by atoms with E-state index in [1.165, 1.54) is 6.07 Å². The molecule has 2 rings (SSSR count). The van der Waals surface area contributed by atoms with Crippen LogP contribution >= 0.6 is 0 Å². The summed E-state index contributed by atoms with van der Waals surface area (Å²) in [6, 6.07) is 10.3. The van der Waals surface area contributed by atoms with Crippen molar-refractivity contribution in [3.05, 3.63) is 64.5 Å². The van der Waals surface area contributed by atoms with Crippen LogP contribution in [-0.2, 0) is 0 Å². The number of nitrogens with two attached hydrogens (primary N) is 2. The number of aryl methyl sites for hydroxylation is 2. The van der Waals surface area contributed by atoms with E-state index in [1.54, 1.807) is 6.07 Å². The van der Waals surface area contributed by atoms with E-state index in [0.29, 0.717) is 11.3 Å². The van der Waals surface area contributed by atoms with Crippen LogP contribution < -0.4 is 17.0 Å². The van der Waals surface area contributed by atoms with Crippen LogP contribution in [-0.4, -0.2) is 0 Å². The first-order chi connectivity index (χ1) is 9.04. The second kappa shape index (κ2) is 5.38. The molecule has 0 aliphatic rings. The SMILES string of the molecule is Cc1cc(C)c(C(NN)c2ccccc2N)c(F)c1. The fourth-order valence-corrected chi connectivity index (χ4v) is 2.39. The summed E-state index contributed by atoms with van der Waals surface area (Å²) in [4.78, 5) is 0. The van der Waals surface area contributed by atoms with E-state index in [1.807, 2.05) is 38.1 Å². The van der Waals surface area contributed by atoms with Gasteiger partial charge in [0.15, 0.2) is 0 Å². The van der Waals surface area contributed by atoms with Crippen LogP contribution in [0.3, 0.4) is 0 Å². The summed E-state index contributed by atoms with van der Waals surface area (Å²) in [5, 5.41) is 0. The summed E-state index contributed by atoms with van der Waals surface area (Å²) < 4.78 is 14.2. The molecule has 100 valence electrons. The molecule has 2 aromatic carbocycles. The van der Waals surface area contributed by atoms with Gasteiger partial charge in [0.25, 0.3) is 0 Å². The number of rotatable bonds is 3. The first-order valence-corrected chi connectivity index (χ1v) is 6.11. The molecule has 4 heteroatoms. The molecule has 1 atom stereocenters. The van der Waals surface area contributed by atoms with E-state index < -0.39 is 6.04 Å². The van der Waals surface area contributed by atoms with Crippen LogP contribution in [0.15, 0.2) is 36.4 Å². The van der Waals surface area contributed by atoms with Gasteiger partial charge in [-0.2, -0.15) is 0 Å². The number of hydrogen-bond acceptors (Lipinski definition) is 3. The highest BCUT2D eigenvalue weighted by atomic mass is 19.1. The Kier molecular flexibility index (Phi) is 3.83. The van der Waals surface area contributed by atoms with E-state index in [9.17, 15) is 4.39 Å². The number of nitrogen functional groups attached to an aromatic ring is 1. The Morgan fingerprint density at radius 2 is 1.84 bits per heavy atom. The number of para-hydroxylation sites is 1. The van der Waals surface area contributed by atoms with Crippen molar-refractivity contribution in [1.29, 1.82) is 0 Å². The van der Waals surface area contributed by atoms with Gasteiger partial charge in [0, 0.05) is 11.3 Å². The highest BCUT2D eigenvalue weighted by Crippen LogP contribution is 2.30. The Morgan fingerprint density at radius 3 is 2.42 bits per heavy atom. The van der Waals surface area contributed by atoms with E-state index in [0.717, 1.165) is 16.7 Å². The second-order valence-corrected chi connectivity index (χ2v) is 4.71. The summed E-state index contributed by atoms with van der Waals surface area (Å²) >= 11 is 0. The van der Waals surface area contributed by atoms with Gasteiger partial charge in [-0.15, -0.1) is 0 Å². The molecule has 0 aliphatic carbocycles. The lowest BCUT2D eigenvalue weighted by Crippen LogP contribution is -2.30. The molecule has 0 amide bonds. The smallest absolute Gasteiger partial charge is 0.128 e. The molecule has 0 aromatic heterocycles. The number of anilines is 1. The fraction of sp³-hybridized carbons (Fsp3) is 0.200. The molecule has 0 spiro atoms. The van der Waals surface area contributed by atoms with Crippen molar-refractivity contribution in [3.63, 3.8) is 0 Å². The predicted molar refractivity (Wildman–Crippen MR) is 75.9 cm³/mol. The molecule has 0 heterocycles. The van der Waals surface area contributed by atoms with Gasteiger partial charge in [-0.25, -0.2) is 9.82 Å². The van der Waals surface area contributed by atoms with Crippen molar-refractivity contribution < 1.29 is 4.39 Å². The van der Waals surface area contributed by atoms with Crippen molar-refractivity contribution in [2.45, 2.75) is 19.9 Å². The lowest BCUT2D eigenvalue weighted by molar-refractivity contribution is 0.557. The minimum absolute atomic E-state index is 0.274. The molecule has 5 N–H and O–H groups in total. The summed E-state index contributed by atoms with van der Waals surface area (Å²) in [7, 11) is 0. The average molecular weight is 259 g/mol. The molecule has 0 saturated carbocycles. The van der Waals surface area contributed by atoms with Gasteiger partial charge in [-0.3, -0.25) is 5.84 Å². The van der Waals surface area contributed by atoms with Gasteiger partial charge >= 0.3 is 0 Å². The number of hydrogen-bond donors (Lipinski definition) is 3. The van der Waals surface area contributed by atoms with Crippen LogP contribution in [0.4, 0.5) is 10.1 Å². The lowest BCUT2D eigenvalue weighted by Gasteiger charge is -2.21. The molecule has 2 aromatic rings. The van der Waals surface area contributed by atoms with Gasteiger partial charge < -0.3 is 5.73 Å². The largest absolute Gasteiger partial charge is 0.398 e. The van der Waals surface area contributed by atoms with Crippen molar-refractivity contribution in [3.8, 4) is 0 Å². The summed E-state index contributed by atoms with van der Waals surface area (Å²) in [5.74, 6) is 5.33. The molecule has 19 heavy (non-hydrogen) atoms. The van der Waals surface area contributed by atoms with Gasteiger partial charge in [-0.1, -0.05) is 24.3 Å². The summed E-state index contributed by atoms with van der Waals surface area (Å²) in [6.45, 7) is 3.73. The monoisotopic (exact) mass is 259 g/mol. The van der Waals surface area contributed by atoms with Crippen molar-refractivity contribution in [2.75, 3.05) is 5.73 Å². The Bertz CT molecular complexity index is 573. The van der Waals surface area contributed by atoms with Crippen LogP contribution in [0.1, 0.15) is 28.3 Å². The van der Waals surface area contributed by atoms with Gasteiger partial charge in [0.05, 0.1) is 6.04 Å². The van der Waals surface area contributed by atoms with E-state index in [-0.39, 0.29) is 5.82 Å². The fourth-order valence-electron chi connectivity index (χ4n) is 2.39. The summed E-state index contributed by atoms with van der Waals surface area (Å²) in [6.07, 6.45) is 0. The minimum Gasteiger partial charge on any atom is -0.398 e. The van der Waals surface area contributed by atoms with Crippen LogP contribution in [0.25, 0.3) is 0 Å². The van der Waals surface area contributed by atoms with E-state index >= 15 is 0 Å². The molecule has 0 aliphatic heterocycles.